The summed E-state index contributed by atoms with van der Waals surface area (Å²) in [5.74, 6) is 0.593. The van der Waals surface area contributed by atoms with Gasteiger partial charge in [0, 0.05) is 12.1 Å². The molecule has 3 N–H and O–H groups in total. The molecule has 0 amide bonds. The normalized spacial score (nSPS) is 10.8. The number of fused-ring (bicyclic) bond motifs is 1. The van der Waals surface area contributed by atoms with E-state index in [1.807, 2.05) is 49.4 Å². The van der Waals surface area contributed by atoms with Gasteiger partial charge in [0.25, 0.3) is 0 Å². The number of aromatic nitrogens is 1. The molecule has 0 spiro atoms. The van der Waals surface area contributed by atoms with Crippen molar-refractivity contribution in [3.8, 4) is 11.5 Å². The molecular weight excluding hydrogens is 238 g/mol. The molecule has 0 saturated heterocycles. The average Bonchev–Trinajstić information content (AvgIpc) is 2.85. The second-order valence-corrected chi connectivity index (χ2v) is 4.32. The average molecular weight is 253 g/mol. The molecule has 1 aromatic heterocycles. The first kappa shape index (κ1) is 11.6. The fraction of sp³-hybridized carbons (Fsp3) is 0.133. The van der Waals surface area contributed by atoms with E-state index in [1.54, 1.807) is 0 Å². The first-order valence-electron chi connectivity index (χ1n) is 6.27. The predicted octanol–water partition coefficient (Wildman–Crippen LogP) is 3.51. The van der Waals surface area contributed by atoms with Gasteiger partial charge in [0.15, 0.2) is 5.58 Å². The molecule has 2 aromatic carbocycles. The third-order valence-electron chi connectivity index (χ3n) is 2.96. The molecule has 0 aliphatic heterocycles. The molecule has 4 nitrogen and oxygen atoms in total. The van der Waals surface area contributed by atoms with Crippen LogP contribution in [0.4, 0.5) is 11.4 Å². The van der Waals surface area contributed by atoms with Gasteiger partial charge in [0.1, 0.15) is 5.52 Å². The van der Waals surface area contributed by atoms with E-state index >= 15 is 0 Å². The molecule has 1 heterocycles. The van der Waals surface area contributed by atoms with Crippen molar-refractivity contribution < 1.29 is 4.42 Å². The van der Waals surface area contributed by atoms with Gasteiger partial charge in [-0.25, -0.2) is 4.98 Å². The standard InChI is InChI=1S/C15H15N3O/c1-2-17-12-8-7-10(9-11(12)16)15-18-13-5-3-4-6-14(13)19-15/h3-9,17H,2,16H2,1H3. The second-order valence-electron chi connectivity index (χ2n) is 4.32. The van der Waals surface area contributed by atoms with Crippen LogP contribution in [0.2, 0.25) is 0 Å². The summed E-state index contributed by atoms with van der Waals surface area (Å²) < 4.78 is 5.72. The predicted molar refractivity (Wildman–Crippen MR) is 78.0 cm³/mol. The SMILES string of the molecule is CCNc1ccc(-c2nc3ccccc3o2)cc1N. The molecule has 0 fully saturated rings. The van der Waals surface area contributed by atoms with Crippen molar-refractivity contribution in [2.24, 2.45) is 0 Å². The Labute approximate surface area is 111 Å². The zero-order chi connectivity index (χ0) is 13.2. The van der Waals surface area contributed by atoms with Gasteiger partial charge in [-0.2, -0.15) is 0 Å². The lowest BCUT2D eigenvalue weighted by atomic mass is 10.1. The Morgan fingerprint density at radius 1 is 1.21 bits per heavy atom. The van der Waals surface area contributed by atoms with Gasteiger partial charge in [0.05, 0.1) is 11.4 Å². The number of nitrogens with zero attached hydrogens (tertiary/aromatic N) is 1. The largest absolute Gasteiger partial charge is 0.436 e. The molecule has 3 aromatic rings. The number of nitrogens with two attached hydrogens (primary N) is 1. The summed E-state index contributed by atoms with van der Waals surface area (Å²) in [5.41, 5.74) is 10.2. The number of nitrogens with one attached hydrogen (secondary N) is 1. The zero-order valence-corrected chi connectivity index (χ0v) is 10.7. The van der Waals surface area contributed by atoms with E-state index in [2.05, 4.69) is 10.3 Å². The second kappa shape index (κ2) is 4.65. The number of benzene rings is 2. The van der Waals surface area contributed by atoms with Crippen molar-refractivity contribution in [2.45, 2.75) is 6.92 Å². The third kappa shape index (κ3) is 2.12. The topological polar surface area (TPSA) is 64.1 Å². The summed E-state index contributed by atoms with van der Waals surface area (Å²) in [6.07, 6.45) is 0. The van der Waals surface area contributed by atoms with Crippen LogP contribution in [-0.2, 0) is 0 Å². The summed E-state index contributed by atoms with van der Waals surface area (Å²) in [5, 5.41) is 3.21. The Bertz CT molecular complexity index is 685. The van der Waals surface area contributed by atoms with E-state index in [4.69, 9.17) is 10.2 Å². The Hall–Kier alpha value is -2.49. The number of rotatable bonds is 3. The van der Waals surface area contributed by atoms with E-state index in [9.17, 15) is 0 Å². The quantitative estimate of drug-likeness (QED) is 0.701. The van der Waals surface area contributed by atoms with Crippen molar-refractivity contribution in [1.29, 1.82) is 0 Å². The van der Waals surface area contributed by atoms with E-state index in [-0.39, 0.29) is 0 Å². The highest BCUT2D eigenvalue weighted by Crippen LogP contribution is 2.28. The lowest BCUT2D eigenvalue weighted by Crippen LogP contribution is -2.00. The summed E-state index contributed by atoms with van der Waals surface area (Å²) in [6, 6.07) is 13.5. The Morgan fingerprint density at radius 2 is 2.05 bits per heavy atom. The minimum Gasteiger partial charge on any atom is -0.436 e. The summed E-state index contributed by atoms with van der Waals surface area (Å²) in [6.45, 7) is 2.88. The number of hydrogen-bond acceptors (Lipinski definition) is 4. The van der Waals surface area contributed by atoms with Gasteiger partial charge < -0.3 is 15.5 Å². The van der Waals surface area contributed by atoms with E-state index in [0.717, 1.165) is 28.9 Å². The number of para-hydroxylation sites is 2. The zero-order valence-electron chi connectivity index (χ0n) is 10.7. The van der Waals surface area contributed by atoms with E-state index in [1.165, 1.54) is 0 Å². The molecule has 0 bridgehead atoms. The fourth-order valence-electron chi connectivity index (χ4n) is 2.04. The van der Waals surface area contributed by atoms with Crippen LogP contribution in [0.5, 0.6) is 0 Å². The van der Waals surface area contributed by atoms with Gasteiger partial charge in [-0.3, -0.25) is 0 Å². The van der Waals surface area contributed by atoms with Crippen molar-refractivity contribution in [1.82, 2.24) is 4.98 Å². The number of nitrogen functional groups attached to an aromatic ring is 1. The molecule has 0 unspecified atom stereocenters. The summed E-state index contributed by atoms with van der Waals surface area (Å²) in [7, 11) is 0. The minimum absolute atomic E-state index is 0.593. The Kier molecular flexibility index (Phi) is 2.83. The molecular formula is C15H15N3O. The van der Waals surface area contributed by atoms with Crippen molar-refractivity contribution >= 4 is 22.5 Å². The first-order chi connectivity index (χ1) is 9.28. The first-order valence-corrected chi connectivity index (χ1v) is 6.27. The van der Waals surface area contributed by atoms with Crippen molar-refractivity contribution in [3.05, 3.63) is 42.5 Å². The highest BCUT2D eigenvalue weighted by Gasteiger charge is 2.09. The lowest BCUT2D eigenvalue weighted by molar-refractivity contribution is 0.620. The highest BCUT2D eigenvalue weighted by molar-refractivity contribution is 5.78. The van der Waals surface area contributed by atoms with Crippen LogP contribution in [0.3, 0.4) is 0 Å². The van der Waals surface area contributed by atoms with Gasteiger partial charge >= 0.3 is 0 Å². The van der Waals surface area contributed by atoms with Crippen molar-refractivity contribution in [3.63, 3.8) is 0 Å². The maximum absolute atomic E-state index is 6.01. The maximum Gasteiger partial charge on any atom is 0.227 e. The summed E-state index contributed by atoms with van der Waals surface area (Å²) in [4.78, 5) is 4.46. The highest BCUT2D eigenvalue weighted by atomic mass is 16.3. The Morgan fingerprint density at radius 3 is 2.79 bits per heavy atom. The molecule has 0 aliphatic rings. The number of hydrogen-bond donors (Lipinski definition) is 2. The minimum atomic E-state index is 0.593. The molecule has 19 heavy (non-hydrogen) atoms. The number of anilines is 2. The molecule has 0 atom stereocenters. The smallest absolute Gasteiger partial charge is 0.227 e. The molecule has 0 saturated carbocycles. The van der Waals surface area contributed by atoms with Crippen LogP contribution >= 0.6 is 0 Å². The molecule has 96 valence electrons. The van der Waals surface area contributed by atoms with Crippen LogP contribution < -0.4 is 11.1 Å². The van der Waals surface area contributed by atoms with Crippen LogP contribution in [0.25, 0.3) is 22.6 Å². The van der Waals surface area contributed by atoms with Gasteiger partial charge in [0.2, 0.25) is 5.89 Å². The molecule has 3 rings (SSSR count). The molecule has 0 radical (unpaired) electrons. The fourth-order valence-corrected chi connectivity index (χ4v) is 2.04. The van der Waals surface area contributed by atoms with E-state index < -0.39 is 0 Å². The van der Waals surface area contributed by atoms with Crippen LogP contribution in [0.1, 0.15) is 6.92 Å². The number of oxazole rings is 1. The van der Waals surface area contributed by atoms with Crippen molar-refractivity contribution in [2.75, 3.05) is 17.6 Å². The lowest BCUT2D eigenvalue weighted by Gasteiger charge is -2.07. The van der Waals surface area contributed by atoms with Crippen LogP contribution in [-0.4, -0.2) is 11.5 Å². The molecule has 0 aliphatic carbocycles. The van der Waals surface area contributed by atoms with Crippen LogP contribution in [0, 0.1) is 0 Å². The van der Waals surface area contributed by atoms with Crippen LogP contribution in [0.15, 0.2) is 46.9 Å². The Balaban J connectivity index is 2.03. The maximum atomic E-state index is 6.01. The van der Waals surface area contributed by atoms with Gasteiger partial charge in [-0.15, -0.1) is 0 Å². The van der Waals surface area contributed by atoms with Gasteiger partial charge in [-0.05, 0) is 37.3 Å². The van der Waals surface area contributed by atoms with Gasteiger partial charge in [-0.1, -0.05) is 12.1 Å². The third-order valence-corrected chi connectivity index (χ3v) is 2.96. The monoisotopic (exact) mass is 253 g/mol. The molecule has 4 heteroatoms. The summed E-state index contributed by atoms with van der Waals surface area (Å²) >= 11 is 0. The van der Waals surface area contributed by atoms with E-state index in [0.29, 0.717) is 11.6 Å².